The van der Waals surface area contributed by atoms with E-state index in [0.29, 0.717) is 6.04 Å². The predicted molar refractivity (Wildman–Crippen MR) is 111 cm³/mol. The highest BCUT2D eigenvalue weighted by molar-refractivity contribution is 5.83. The lowest BCUT2D eigenvalue weighted by molar-refractivity contribution is 0.266. The fourth-order valence-electron chi connectivity index (χ4n) is 3.95. The first-order valence-electron chi connectivity index (χ1n) is 9.78. The molecule has 1 atom stereocenters. The van der Waals surface area contributed by atoms with E-state index in [1.165, 1.54) is 19.4 Å². The number of anilines is 2. The molecule has 1 aliphatic rings. The van der Waals surface area contributed by atoms with Gasteiger partial charge < -0.3 is 19.0 Å². The average Bonchev–Trinajstić information content (AvgIpc) is 3.30. The number of hydrogen-bond acceptors (Lipinski definition) is 4. The fourth-order valence-corrected chi connectivity index (χ4v) is 3.95. The zero-order chi connectivity index (χ0) is 18.8. The lowest BCUT2D eigenvalue weighted by atomic mass is 10.2. The molecule has 0 aliphatic carbocycles. The van der Waals surface area contributed by atoms with Gasteiger partial charge >= 0.3 is 0 Å². The molecule has 1 fully saturated rings. The lowest BCUT2D eigenvalue weighted by Crippen LogP contribution is -2.28. The van der Waals surface area contributed by atoms with Crippen molar-refractivity contribution >= 4 is 22.3 Å². The minimum atomic E-state index is 0.708. The number of benzene rings is 2. The highest BCUT2D eigenvalue weighted by Gasteiger charge is 2.20. The molecule has 0 spiro atoms. The van der Waals surface area contributed by atoms with Gasteiger partial charge in [0, 0.05) is 42.8 Å². The summed E-state index contributed by atoms with van der Waals surface area (Å²) in [7, 11) is 3.77. The van der Waals surface area contributed by atoms with Crippen molar-refractivity contribution in [3.05, 3.63) is 54.3 Å². The van der Waals surface area contributed by atoms with Gasteiger partial charge in [-0.05, 0) is 74.8 Å². The van der Waals surface area contributed by atoms with Gasteiger partial charge in [0.2, 0.25) is 0 Å². The third-order valence-corrected chi connectivity index (χ3v) is 5.73. The van der Waals surface area contributed by atoms with Gasteiger partial charge in [0.05, 0.1) is 7.11 Å². The Hall–Kier alpha value is -2.46. The largest absolute Gasteiger partial charge is 0.497 e. The summed E-state index contributed by atoms with van der Waals surface area (Å²) in [5.41, 5.74) is 3.24. The summed E-state index contributed by atoms with van der Waals surface area (Å²) >= 11 is 0. The molecule has 3 aromatic rings. The Balaban J connectivity index is 1.49. The number of methoxy groups -OCH3 is 1. The van der Waals surface area contributed by atoms with Crippen LogP contribution in [0.2, 0.25) is 0 Å². The molecule has 1 aliphatic heterocycles. The first-order chi connectivity index (χ1) is 13.1. The van der Waals surface area contributed by atoms with E-state index in [-0.39, 0.29) is 0 Å². The van der Waals surface area contributed by atoms with E-state index >= 15 is 0 Å². The van der Waals surface area contributed by atoms with Crippen LogP contribution in [0, 0.1) is 0 Å². The molecule has 142 valence electrons. The second-order valence-corrected chi connectivity index (χ2v) is 7.47. The van der Waals surface area contributed by atoms with E-state index in [9.17, 15) is 0 Å². The highest BCUT2D eigenvalue weighted by Crippen LogP contribution is 2.30. The van der Waals surface area contributed by atoms with Crippen LogP contribution in [0.1, 0.15) is 25.5 Å². The molecular formula is C23H28N2O2. The van der Waals surface area contributed by atoms with Crippen molar-refractivity contribution in [1.29, 1.82) is 0 Å². The maximum absolute atomic E-state index is 6.07. The van der Waals surface area contributed by atoms with Crippen LogP contribution in [0.15, 0.2) is 52.9 Å². The second kappa shape index (κ2) is 7.65. The highest BCUT2D eigenvalue weighted by atomic mass is 16.5. The number of furan rings is 1. The van der Waals surface area contributed by atoms with Crippen molar-refractivity contribution in [3.63, 3.8) is 0 Å². The lowest BCUT2D eigenvalue weighted by Gasteiger charge is -2.19. The Kier molecular flexibility index (Phi) is 5.08. The van der Waals surface area contributed by atoms with Gasteiger partial charge in [0.15, 0.2) is 0 Å². The number of ether oxygens (including phenoxy) is 1. The first-order valence-corrected chi connectivity index (χ1v) is 9.78. The van der Waals surface area contributed by atoms with Crippen LogP contribution < -0.4 is 9.64 Å². The second-order valence-electron chi connectivity index (χ2n) is 7.47. The molecule has 0 bridgehead atoms. The van der Waals surface area contributed by atoms with Gasteiger partial charge in [0.1, 0.15) is 17.1 Å². The van der Waals surface area contributed by atoms with E-state index in [2.05, 4.69) is 60.2 Å². The Morgan fingerprint density at radius 3 is 2.59 bits per heavy atom. The summed E-state index contributed by atoms with van der Waals surface area (Å²) in [4.78, 5) is 4.74. The zero-order valence-corrected chi connectivity index (χ0v) is 16.4. The molecule has 1 aromatic heterocycles. The Morgan fingerprint density at radius 1 is 1.11 bits per heavy atom. The SMILES string of the molecule is COc1ccc(N(C)c2ccc3oc(CCN4CCC[C@H]4C)cc3c2)cc1. The van der Waals surface area contributed by atoms with Crippen molar-refractivity contribution in [2.45, 2.75) is 32.2 Å². The predicted octanol–water partition coefficient (Wildman–Crippen LogP) is 5.24. The van der Waals surface area contributed by atoms with Crippen molar-refractivity contribution in [2.24, 2.45) is 0 Å². The maximum Gasteiger partial charge on any atom is 0.134 e. The average molecular weight is 364 g/mol. The number of nitrogens with zero attached hydrogens (tertiary/aromatic N) is 2. The standard InChI is InChI=1S/C23H28N2O2/c1-17-5-4-13-25(17)14-12-22-16-18-15-20(8-11-23(18)27-22)24(2)19-6-9-21(26-3)10-7-19/h6-11,15-17H,4-5,12-14H2,1-3H3/t17-/m1/s1. The number of hydrogen-bond donors (Lipinski definition) is 0. The van der Waals surface area contributed by atoms with Crippen molar-refractivity contribution in [3.8, 4) is 5.75 Å². The summed E-state index contributed by atoms with van der Waals surface area (Å²) < 4.78 is 11.3. The molecular weight excluding hydrogens is 336 g/mol. The molecule has 0 N–H and O–H groups in total. The van der Waals surface area contributed by atoms with Gasteiger partial charge in [-0.1, -0.05) is 0 Å². The van der Waals surface area contributed by atoms with Crippen LogP contribution in [0.4, 0.5) is 11.4 Å². The molecule has 4 rings (SSSR count). The summed E-state index contributed by atoms with van der Waals surface area (Å²) in [6, 6.07) is 17.4. The number of likely N-dealkylation sites (tertiary alicyclic amines) is 1. The molecule has 0 unspecified atom stereocenters. The minimum Gasteiger partial charge on any atom is -0.497 e. The van der Waals surface area contributed by atoms with Crippen molar-refractivity contribution < 1.29 is 9.15 Å². The zero-order valence-electron chi connectivity index (χ0n) is 16.4. The summed E-state index contributed by atoms with van der Waals surface area (Å²) in [5.74, 6) is 1.95. The Bertz CT molecular complexity index is 900. The quantitative estimate of drug-likeness (QED) is 0.598. The summed E-state index contributed by atoms with van der Waals surface area (Å²) in [6.45, 7) is 4.63. The molecule has 0 radical (unpaired) electrons. The van der Waals surface area contributed by atoms with E-state index in [0.717, 1.165) is 46.8 Å². The number of rotatable bonds is 6. The third-order valence-electron chi connectivity index (χ3n) is 5.73. The van der Waals surface area contributed by atoms with Crippen LogP contribution in [0.3, 0.4) is 0 Å². The number of fused-ring (bicyclic) bond motifs is 1. The topological polar surface area (TPSA) is 28.9 Å². The molecule has 2 aromatic carbocycles. The summed E-state index contributed by atoms with van der Waals surface area (Å²) in [5, 5.41) is 1.16. The molecule has 0 amide bonds. The van der Waals surface area contributed by atoms with E-state index in [1.54, 1.807) is 7.11 Å². The van der Waals surface area contributed by atoms with Gasteiger partial charge in [-0.15, -0.1) is 0 Å². The van der Waals surface area contributed by atoms with E-state index in [1.807, 2.05) is 12.1 Å². The summed E-state index contributed by atoms with van der Waals surface area (Å²) in [6.07, 6.45) is 3.62. The fraction of sp³-hybridized carbons (Fsp3) is 0.391. The third kappa shape index (κ3) is 3.81. The first kappa shape index (κ1) is 17.9. The monoisotopic (exact) mass is 364 g/mol. The molecule has 27 heavy (non-hydrogen) atoms. The van der Waals surface area contributed by atoms with Crippen LogP contribution in [-0.2, 0) is 6.42 Å². The van der Waals surface area contributed by atoms with Crippen LogP contribution in [-0.4, -0.2) is 38.2 Å². The van der Waals surface area contributed by atoms with E-state index in [4.69, 9.17) is 9.15 Å². The van der Waals surface area contributed by atoms with Crippen molar-refractivity contribution in [1.82, 2.24) is 4.90 Å². The molecule has 4 heteroatoms. The molecule has 0 saturated carbocycles. The molecule has 4 nitrogen and oxygen atoms in total. The normalized spacial score (nSPS) is 17.5. The van der Waals surface area contributed by atoms with Crippen LogP contribution >= 0.6 is 0 Å². The van der Waals surface area contributed by atoms with E-state index < -0.39 is 0 Å². The minimum absolute atomic E-state index is 0.708. The van der Waals surface area contributed by atoms with Crippen LogP contribution in [0.5, 0.6) is 5.75 Å². The maximum atomic E-state index is 6.07. The van der Waals surface area contributed by atoms with Gasteiger partial charge in [-0.25, -0.2) is 0 Å². The molecule has 1 saturated heterocycles. The smallest absolute Gasteiger partial charge is 0.134 e. The van der Waals surface area contributed by atoms with Crippen molar-refractivity contribution in [2.75, 3.05) is 32.1 Å². The van der Waals surface area contributed by atoms with Crippen LogP contribution in [0.25, 0.3) is 11.0 Å². The van der Waals surface area contributed by atoms with Gasteiger partial charge in [0.25, 0.3) is 0 Å². The molecule has 2 heterocycles. The van der Waals surface area contributed by atoms with Gasteiger partial charge in [-0.2, -0.15) is 0 Å². The van der Waals surface area contributed by atoms with Gasteiger partial charge in [-0.3, -0.25) is 0 Å². The Morgan fingerprint density at radius 2 is 1.89 bits per heavy atom. The Labute approximate surface area is 161 Å².